The number of esters is 1. The van der Waals surface area contributed by atoms with E-state index in [2.05, 4.69) is 25.5 Å². The van der Waals surface area contributed by atoms with Crippen LogP contribution < -0.4 is 5.32 Å². The summed E-state index contributed by atoms with van der Waals surface area (Å²) in [5.74, 6) is -0.962. The quantitative estimate of drug-likeness (QED) is 0.675. The zero-order valence-electron chi connectivity index (χ0n) is 14.4. The molecule has 0 radical (unpaired) electrons. The minimum atomic E-state index is -0.528. The summed E-state index contributed by atoms with van der Waals surface area (Å²) in [6.45, 7) is 1.26. The number of amides is 1. The van der Waals surface area contributed by atoms with Gasteiger partial charge in [-0.2, -0.15) is 4.80 Å². The molecule has 1 atom stereocenters. The number of rotatable bonds is 8. The fraction of sp³-hybridized carbons (Fsp3) is 0.375. The highest BCUT2D eigenvalue weighted by molar-refractivity contribution is 8.13. The van der Waals surface area contributed by atoms with Gasteiger partial charge in [0.25, 0.3) is 5.95 Å². The molecular formula is C16H19N5O4S. The Labute approximate surface area is 154 Å². The Morgan fingerprint density at radius 2 is 2.00 bits per heavy atom. The number of nitrogens with one attached hydrogen (secondary N) is 1. The van der Waals surface area contributed by atoms with E-state index in [-0.39, 0.29) is 23.5 Å². The first kappa shape index (κ1) is 19.6. The molecule has 1 amide bonds. The Kier molecular flexibility index (Phi) is 7.27. The summed E-state index contributed by atoms with van der Waals surface area (Å²) in [6, 6.07) is 9.52. The van der Waals surface area contributed by atoms with Crippen molar-refractivity contribution in [2.24, 2.45) is 5.92 Å². The summed E-state index contributed by atoms with van der Waals surface area (Å²) < 4.78 is 4.51. The molecule has 0 spiro atoms. The number of hydrogen-bond acceptors (Lipinski definition) is 8. The molecule has 1 aromatic carbocycles. The highest BCUT2D eigenvalue weighted by Crippen LogP contribution is 2.17. The summed E-state index contributed by atoms with van der Waals surface area (Å²) in [4.78, 5) is 36.1. The number of anilines is 1. The average Bonchev–Trinajstić information content (AvgIpc) is 3.05. The van der Waals surface area contributed by atoms with Gasteiger partial charge in [0.15, 0.2) is 11.7 Å². The second-order valence-electron chi connectivity index (χ2n) is 5.40. The van der Waals surface area contributed by atoms with E-state index < -0.39 is 11.9 Å². The van der Waals surface area contributed by atoms with Crippen LogP contribution in [0.2, 0.25) is 0 Å². The number of benzene rings is 1. The number of thioether (sulfide) groups is 1. The van der Waals surface area contributed by atoms with Gasteiger partial charge in [0.05, 0.1) is 13.0 Å². The lowest BCUT2D eigenvalue weighted by Gasteiger charge is -2.14. The Morgan fingerprint density at radius 3 is 2.65 bits per heavy atom. The maximum atomic E-state index is 12.6. The predicted molar refractivity (Wildman–Crippen MR) is 95.2 cm³/mol. The highest BCUT2D eigenvalue weighted by atomic mass is 32.2. The molecule has 0 bridgehead atoms. The molecule has 0 unspecified atom stereocenters. The van der Waals surface area contributed by atoms with Crippen LogP contribution in [0.5, 0.6) is 0 Å². The number of carbonyl (C=O) groups is 3. The molecule has 1 heterocycles. The van der Waals surface area contributed by atoms with E-state index in [0.29, 0.717) is 12.2 Å². The van der Waals surface area contributed by atoms with Crippen molar-refractivity contribution in [2.45, 2.75) is 19.9 Å². The number of hydrogen-bond donors (Lipinski definition) is 1. The maximum Gasteiger partial charge on any atom is 0.329 e. The van der Waals surface area contributed by atoms with Crippen LogP contribution in [0.1, 0.15) is 12.5 Å². The Morgan fingerprint density at radius 1 is 1.27 bits per heavy atom. The largest absolute Gasteiger partial charge is 0.468 e. The Hall–Kier alpha value is -2.75. The second kappa shape index (κ2) is 9.66. The lowest BCUT2D eigenvalue weighted by Crippen LogP contribution is -2.27. The van der Waals surface area contributed by atoms with Gasteiger partial charge in [-0.15, -0.1) is 5.10 Å². The molecule has 2 aromatic rings. The lowest BCUT2D eigenvalue weighted by atomic mass is 10.0. The third-order valence-corrected chi connectivity index (χ3v) is 4.35. The average molecular weight is 377 g/mol. The van der Waals surface area contributed by atoms with Gasteiger partial charge in [-0.3, -0.25) is 14.9 Å². The van der Waals surface area contributed by atoms with E-state index in [4.69, 9.17) is 0 Å². The van der Waals surface area contributed by atoms with Gasteiger partial charge in [-0.25, -0.2) is 4.79 Å². The van der Waals surface area contributed by atoms with E-state index >= 15 is 0 Å². The number of methoxy groups -OCH3 is 1. The van der Waals surface area contributed by atoms with E-state index in [1.54, 1.807) is 0 Å². The minimum absolute atomic E-state index is 0.00945. The molecule has 0 saturated heterocycles. The third kappa shape index (κ3) is 6.28. The SMILES string of the molecule is COC(=O)Cn1nnc(NC(=O)[C@H](CSC(C)=O)Cc2ccccc2)n1. The predicted octanol–water partition coefficient (Wildman–Crippen LogP) is 0.923. The molecule has 138 valence electrons. The molecule has 26 heavy (non-hydrogen) atoms. The Bertz CT molecular complexity index is 765. The van der Waals surface area contributed by atoms with E-state index in [9.17, 15) is 14.4 Å². The molecule has 0 fully saturated rings. The van der Waals surface area contributed by atoms with Gasteiger partial charge in [0, 0.05) is 12.7 Å². The number of carbonyl (C=O) groups excluding carboxylic acids is 3. The van der Waals surface area contributed by atoms with Gasteiger partial charge in [0.1, 0.15) is 0 Å². The zero-order valence-corrected chi connectivity index (χ0v) is 15.2. The van der Waals surface area contributed by atoms with Gasteiger partial charge in [-0.1, -0.05) is 47.2 Å². The summed E-state index contributed by atoms with van der Waals surface area (Å²) in [5, 5.41) is 13.8. The molecule has 0 aliphatic heterocycles. The lowest BCUT2D eigenvalue weighted by molar-refractivity contribution is -0.141. The molecule has 2 rings (SSSR count). The summed E-state index contributed by atoms with van der Waals surface area (Å²) in [5.41, 5.74) is 0.985. The van der Waals surface area contributed by atoms with Crippen molar-refractivity contribution in [1.29, 1.82) is 0 Å². The highest BCUT2D eigenvalue weighted by Gasteiger charge is 2.22. The molecular weight excluding hydrogens is 358 g/mol. The number of ether oxygens (including phenoxy) is 1. The topological polar surface area (TPSA) is 116 Å². The van der Waals surface area contributed by atoms with E-state index in [1.807, 2.05) is 30.3 Å². The van der Waals surface area contributed by atoms with E-state index in [1.165, 1.54) is 14.0 Å². The number of tetrazole rings is 1. The van der Waals surface area contributed by atoms with Crippen LogP contribution in [0.25, 0.3) is 0 Å². The van der Waals surface area contributed by atoms with E-state index in [0.717, 1.165) is 22.1 Å². The first-order valence-corrected chi connectivity index (χ1v) is 8.79. The van der Waals surface area contributed by atoms with Crippen LogP contribution in [0.3, 0.4) is 0 Å². The molecule has 1 aromatic heterocycles. The molecule has 10 heteroatoms. The molecule has 9 nitrogen and oxygen atoms in total. The van der Waals surface area contributed by atoms with Crippen molar-refractivity contribution < 1.29 is 19.1 Å². The van der Waals surface area contributed by atoms with Gasteiger partial charge >= 0.3 is 5.97 Å². The van der Waals surface area contributed by atoms with Gasteiger partial charge in [-0.05, 0) is 17.2 Å². The number of nitrogens with zero attached hydrogens (tertiary/aromatic N) is 4. The van der Waals surface area contributed by atoms with Crippen LogP contribution in [0.4, 0.5) is 5.95 Å². The van der Waals surface area contributed by atoms with Crippen LogP contribution in [-0.4, -0.2) is 50.1 Å². The standard InChI is InChI=1S/C16H19N5O4S/c1-11(22)26-10-13(8-12-6-4-3-5-7-12)15(24)17-16-18-20-21(19-16)9-14(23)25-2/h3-7,13H,8-10H2,1-2H3,(H,17,19,24)/t13-/m0/s1. The maximum absolute atomic E-state index is 12.6. The first-order chi connectivity index (χ1) is 12.5. The Balaban J connectivity index is 2.03. The smallest absolute Gasteiger partial charge is 0.329 e. The van der Waals surface area contributed by atoms with Crippen molar-refractivity contribution in [3.8, 4) is 0 Å². The summed E-state index contributed by atoms with van der Waals surface area (Å²) >= 11 is 1.09. The second-order valence-corrected chi connectivity index (χ2v) is 6.59. The van der Waals surface area contributed by atoms with Crippen molar-refractivity contribution in [3.63, 3.8) is 0 Å². The first-order valence-electron chi connectivity index (χ1n) is 7.80. The van der Waals surface area contributed by atoms with Crippen molar-refractivity contribution in [3.05, 3.63) is 35.9 Å². The minimum Gasteiger partial charge on any atom is -0.468 e. The summed E-state index contributed by atoms with van der Waals surface area (Å²) in [7, 11) is 1.25. The third-order valence-electron chi connectivity index (χ3n) is 3.37. The monoisotopic (exact) mass is 377 g/mol. The molecule has 1 N–H and O–H groups in total. The summed E-state index contributed by atoms with van der Waals surface area (Å²) in [6.07, 6.45) is 0.475. The van der Waals surface area contributed by atoms with Crippen molar-refractivity contribution in [1.82, 2.24) is 20.2 Å². The van der Waals surface area contributed by atoms with Crippen molar-refractivity contribution >= 4 is 34.7 Å². The number of aromatic nitrogens is 4. The van der Waals surface area contributed by atoms with Gasteiger partial charge < -0.3 is 4.74 Å². The van der Waals surface area contributed by atoms with Crippen LogP contribution in [0, 0.1) is 5.92 Å². The normalized spacial score (nSPS) is 11.6. The van der Waals surface area contributed by atoms with Crippen molar-refractivity contribution in [2.75, 3.05) is 18.2 Å². The van der Waals surface area contributed by atoms with Crippen LogP contribution >= 0.6 is 11.8 Å². The van der Waals surface area contributed by atoms with Crippen LogP contribution in [-0.2, 0) is 32.1 Å². The molecule has 0 aliphatic carbocycles. The van der Waals surface area contributed by atoms with Crippen LogP contribution in [0.15, 0.2) is 30.3 Å². The fourth-order valence-electron chi connectivity index (χ4n) is 2.10. The molecule has 0 aliphatic rings. The fourth-order valence-corrected chi connectivity index (χ4v) is 2.80. The molecule has 0 saturated carbocycles. The zero-order chi connectivity index (χ0) is 18.9. The van der Waals surface area contributed by atoms with Gasteiger partial charge in [0.2, 0.25) is 5.91 Å².